The lowest BCUT2D eigenvalue weighted by Crippen LogP contribution is -2.45. The van der Waals surface area contributed by atoms with Gasteiger partial charge in [-0.2, -0.15) is 13.2 Å². The van der Waals surface area contributed by atoms with Crippen molar-refractivity contribution in [2.24, 2.45) is 0 Å². The molecule has 1 saturated carbocycles. The molecule has 1 aromatic rings. The van der Waals surface area contributed by atoms with Crippen LogP contribution < -0.4 is 5.32 Å². The first-order valence-corrected chi connectivity index (χ1v) is 10.2. The van der Waals surface area contributed by atoms with Gasteiger partial charge in [0.25, 0.3) is 0 Å². The van der Waals surface area contributed by atoms with Crippen LogP contribution in [-0.4, -0.2) is 47.9 Å². The van der Waals surface area contributed by atoms with Crippen molar-refractivity contribution in [3.63, 3.8) is 0 Å². The Morgan fingerprint density at radius 1 is 1.37 bits per heavy atom. The molecule has 0 unspecified atom stereocenters. The summed E-state index contributed by atoms with van der Waals surface area (Å²) in [5.41, 5.74) is -0.0385. The molecule has 1 aliphatic rings. The number of aliphatic hydroxyl groups excluding tert-OH is 1. The third-order valence-electron chi connectivity index (χ3n) is 5.10. The fourth-order valence-electron chi connectivity index (χ4n) is 2.80. The number of anilines is 1. The van der Waals surface area contributed by atoms with E-state index in [0.29, 0.717) is 5.69 Å². The highest BCUT2D eigenvalue weighted by molar-refractivity contribution is 7.93. The fourth-order valence-corrected chi connectivity index (χ4v) is 4.17. The van der Waals surface area contributed by atoms with Crippen LogP contribution in [0.25, 0.3) is 0 Å². The minimum Gasteiger partial charge on any atom is -0.395 e. The van der Waals surface area contributed by atoms with Crippen molar-refractivity contribution >= 4 is 21.6 Å². The summed E-state index contributed by atoms with van der Waals surface area (Å²) < 4.78 is 64.4. The van der Waals surface area contributed by atoms with E-state index in [1.807, 2.05) is 0 Å². The van der Waals surface area contributed by atoms with E-state index in [1.54, 1.807) is 0 Å². The summed E-state index contributed by atoms with van der Waals surface area (Å²) in [5.74, 6) is -1.76. The van der Waals surface area contributed by atoms with Gasteiger partial charge in [0.05, 0.1) is 18.1 Å². The minimum absolute atomic E-state index is 0.0757. The van der Waals surface area contributed by atoms with Gasteiger partial charge in [-0.3, -0.25) is 10.1 Å². The number of halogens is 3. The second-order valence-electron chi connectivity index (χ2n) is 7.37. The first kappa shape index (κ1) is 21.7. The first-order valence-electron chi connectivity index (χ1n) is 8.52. The van der Waals surface area contributed by atoms with E-state index in [0.717, 1.165) is 33.1 Å². The fraction of sp³-hybridized carbons (Fsp3) is 0.750. The van der Waals surface area contributed by atoms with Crippen molar-refractivity contribution in [2.75, 3.05) is 17.7 Å². The molecule has 0 atom stereocenters. The largest absolute Gasteiger partial charge is 0.395 e. The lowest BCUT2D eigenvalue weighted by atomic mass is 9.67. The van der Waals surface area contributed by atoms with Crippen LogP contribution in [0.15, 0.2) is 10.6 Å². The molecule has 0 spiro atoms. The van der Waals surface area contributed by atoms with Gasteiger partial charge in [0.15, 0.2) is 9.84 Å². The smallest absolute Gasteiger partial charge is 0.389 e. The van der Waals surface area contributed by atoms with E-state index in [-0.39, 0.29) is 12.5 Å². The normalized spacial score (nSPS) is 17.4. The van der Waals surface area contributed by atoms with E-state index >= 15 is 0 Å². The van der Waals surface area contributed by atoms with Crippen molar-refractivity contribution in [2.45, 2.75) is 62.3 Å². The van der Waals surface area contributed by atoms with Crippen LogP contribution in [0, 0.1) is 0 Å². The zero-order valence-corrected chi connectivity index (χ0v) is 15.9. The molecule has 11 heteroatoms. The molecule has 1 aliphatic carbocycles. The summed E-state index contributed by atoms with van der Waals surface area (Å²) in [6.45, 7) is 2.14. The Morgan fingerprint density at radius 3 is 2.48 bits per heavy atom. The number of aromatic nitrogens is 1. The van der Waals surface area contributed by atoms with E-state index in [2.05, 4.69) is 10.5 Å². The van der Waals surface area contributed by atoms with Crippen molar-refractivity contribution in [3.8, 4) is 0 Å². The zero-order valence-electron chi connectivity index (χ0n) is 15.1. The number of sulfone groups is 1. The highest BCUT2D eigenvalue weighted by atomic mass is 32.2. The molecule has 7 nitrogen and oxygen atoms in total. The second-order valence-corrected chi connectivity index (χ2v) is 10.0. The average Bonchev–Trinajstić information content (AvgIpc) is 2.93. The molecule has 27 heavy (non-hydrogen) atoms. The topological polar surface area (TPSA) is 110 Å². The average molecular weight is 412 g/mol. The number of amides is 1. The Hall–Kier alpha value is -1.62. The summed E-state index contributed by atoms with van der Waals surface area (Å²) in [5, 5.41) is 15.7. The molecule has 0 aromatic carbocycles. The molecular weight excluding hydrogens is 389 g/mol. The molecule has 0 aliphatic heterocycles. The zero-order chi connectivity index (χ0) is 20.5. The molecule has 0 saturated heterocycles. The number of rotatable bonds is 8. The minimum atomic E-state index is -4.46. The van der Waals surface area contributed by atoms with Crippen LogP contribution in [0.3, 0.4) is 0 Å². The number of carbonyl (C=O) groups excluding carboxylic acids is 1. The molecule has 0 bridgehead atoms. The Balaban J connectivity index is 2.04. The van der Waals surface area contributed by atoms with E-state index in [4.69, 9.17) is 4.52 Å². The number of hydrogen-bond acceptors (Lipinski definition) is 6. The highest BCUT2D eigenvalue weighted by Crippen LogP contribution is 2.43. The number of nitrogens with zero attached hydrogens (tertiary/aromatic N) is 1. The summed E-state index contributed by atoms with van der Waals surface area (Å²) >= 11 is 0. The van der Waals surface area contributed by atoms with Gasteiger partial charge >= 0.3 is 6.18 Å². The number of hydrogen-bond donors (Lipinski definition) is 2. The van der Waals surface area contributed by atoms with Gasteiger partial charge in [0.2, 0.25) is 11.8 Å². The number of alkyl halides is 3. The van der Waals surface area contributed by atoms with Gasteiger partial charge in [-0.25, -0.2) is 8.42 Å². The van der Waals surface area contributed by atoms with Crippen molar-refractivity contribution < 1.29 is 36.0 Å². The molecule has 1 heterocycles. The molecule has 154 valence electrons. The van der Waals surface area contributed by atoms with E-state index in [9.17, 15) is 31.5 Å². The maximum atomic E-state index is 12.4. The SMILES string of the molecule is CC(C)(C(=O)Nc1cc(C2(CO)CCC2)no1)S(=O)(=O)CCCC(F)(F)F. The molecule has 0 radical (unpaired) electrons. The van der Waals surface area contributed by atoms with Crippen LogP contribution in [-0.2, 0) is 20.0 Å². The van der Waals surface area contributed by atoms with Crippen molar-refractivity contribution in [1.29, 1.82) is 0 Å². The predicted octanol–water partition coefficient (Wildman–Crippen LogP) is 2.56. The number of nitrogens with one attached hydrogen (secondary N) is 1. The summed E-state index contributed by atoms with van der Waals surface area (Å²) in [6.07, 6.45) is -3.93. The highest BCUT2D eigenvalue weighted by Gasteiger charge is 2.44. The summed E-state index contributed by atoms with van der Waals surface area (Å²) in [7, 11) is -4.14. The van der Waals surface area contributed by atoms with Gasteiger partial charge in [0.1, 0.15) is 4.75 Å². The van der Waals surface area contributed by atoms with Crippen LogP contribution in [0.4, 0.5) is 19.1 Å². The molecule has 1 amide bonds. The van der Waals surface area contributed by atoms with Crippen LogP contribution >= 0.6 is 0 Å². The standard InChI is InChI=1S/C16H23F3N2O5S/c1-14(2,27(24,25)8-4-7-16(17,18)19)13(23)20-12-9-11(21-26-12)15(10-22)5-3-6-15/h9,22H,3-8,10H2,1-2H3,(H,20,23). The third kappa shape index (κ3) is 4.63. The van der Waals surface area contributed by atoms with Gasteiger partial charge in [-0.15, -0.1) is 0 Å². The van der Waals surface area contributed by atoms with Gasteiger partial charge in [0, 0.05) is 17.9 Å². The van der Waals surface area contributed by atoms with Gasteiger partial charge in [-0.1, -0.05) is 11.6 Å². The van der Waals surface area contributed by atoms with Crippen molar-refractivity contribution in [3.05, 3.63) is 11.8 Å². The molecule has 2 rings (SSSR count). The van der Waals surface area contributed by atoms with E-state index < -0.39 is 50.7 Å². The summed E-state index contributed by atoms with van der Waals surface area (Å²) in [6, 6.07) is 1.43. The molecule has 1 fully saturated rings. The Labute approximate surface area is 155 Å². The lowest BCUT2D eigenvalue weighted by molar-refractivity contribution is -0.134. The van der Waals surface area contributed by atoms with Gasteiger partial charge < -0.3 is 9.63 Å². The Bertz CT molecular complexity index is 777. The quantitative estimate of drug-likeness (QED) is 0.679. The Morgan fingerprint density at radius 2 is 2.00 bits per heavy atom. The van der Waals surface area contributed by atoms with Gasteiger partial charge in [-0.05, 0) is 33.1 Å². The van der Waals surface area contributed by atoms with Crippen LogP contribution in [0.2, 0.25) is 0 Å². The molecule has 2 N–H and O–H groups in total. The summed E-state index contributed by atoms with van der Waals surface area (Å²) in [4.78, 5) is 12.4. The molecular formula is C16H23F3N2O5S. The number of aliphatic hydroxyl groups is 1. The first-order chi connectivity index (χ1) is 12.3. The number of carbonyl (C=O) groups is 1. The van der Waals surface area contributed by atoms with Crippen molar-refractivity contribution in [1.82, 2.24) is 5.16 Å². The molecule has 1 aromatic heterocycles. The maximum absolute atomic E-state index is 12.4. The van der Waals surface area contributed by atoms with E-state index in [1.165, 1.54) is 6.07 Å². The maximum Gasteiger partial charge on any atom is 0.389 e. The predicted molar refractivity (Wildman–Crippen MR) is 90.9 cm³/mol. The third-order valence-corrected chi connectivity index (χ3v) is 7.67. The monoisotopic (exact) mass is 412 g/mol. The van der Waals surface area contributed by atoms with Crippen LogP contribution in [0.1, 0.15) is 51.6 Å². The van der Waals surface area contributed by atoms with Crippen LogP contribution in [0.5, 0.6) is 0 Å². The lowest BCUT2D eigenvalue weighted by Gasteiger charge is -2.38. The Kier molecular flexibility index (Phi) is 5.96. The second kappa shape index (κ2) is 7.42.